The van der Waals surface area contributed by atoms with Gasteiger partial charge >= 0.3 is 0 Å². The van der Waals surface area contributed by atoms with Crippen LogP contribution in [-0.4, -0.2) is 6.43 Å². The summed E-state index contributed by atoms with van der Waals surface area (Å²) in [5.41, 5.74) is 2.69. The molecule has 78 valence electrons. The average Bonchev–Trinajstić information content (AvgIpc) is 2.02. The van der Waals surface area contributed by atoms with Crippen molar-refractivity contribution in [3.63, 3.8) is 0 Å². The molecule has 5 heteroatoms. The van der Waals surface area contributed by atoms with E-state index >= 15 is 0 Å². The van der Waals surface area contributed by atoms with Crippen molar-refractivity contribution in [2.45, 2.75) is 19.4 Å². The molecule has 1 atom stereocenters. The van der Waals surface area contributed by atoms with Gasteiger partial charge in [0.25, 0.3) is 6.43 Å². The number of nitrogens with two attached hydrogens (primary N) is 1. The molecule has 1 aromatic carbocycles. The molecule has 2 nitrogen and oxygen atoms in total. The second-order valence-corrected chi connectivity index (χ2v) is 3.04. The summed E-state index contributed by atoms with van der Waals surface area (Å²) in [6, 6.07) is 2.45. The lowest BCUT2D eigenvalue weighted by molar-refractivity contribution is 0.0985. The summed E-state index contributed by atoms with van der Waals surface area (Å²) in [5.74, 6) is 4.41. The van der Waals surface area contributed by atoms with E-state index in [-0.39, 0.29) is 5.56 Å². The molecular formula is C9H11F3N2. The van der Waals surface area contributed by atoms with Gasteiger partial charge in [0.05, 0.1) is 0 Å². The van der Waals surface area contributed by atoms with E-state index in [9.17, 15) is 13.2 Å². The summed E-state index contributed by atoms with van der Waals surface area (Å²) in [6.07, 6.45) is -2.67. The van der Waals surface area contributed by atoms with Gasteiger partial charge in [-0.25, -0.2) is 18.6 Å². The van der Waals surface area contributed by atoms with Gasteiger partial charge in [-0.2, -0.15) is 0 Å². The number of aryl methyl sites for hydroxylation is 1. The van der Waals surface area contributed by atoms with Crippen molar-refractivity contribution >= 4 is 0 Å². The van der Waals surface area contributed by atoms with Crippen molar-refractivity contribution in [1.29, 1.82) is 0 Å². The van der Waals surface area contributed by atoms with Crippen LogP contribution in [0.4, 0.5) is 13.2 Å². The molecule has 0 aliphatic rings. The molecule has 1 unspecified atom stereocenters. The fourth-order valence-corrected chi connectivity index (χ4v) is 1.26. The Bertz CT molecular complexity index is 295. The molecule has 0 aliphatic carbocycles. The average molecular weight is 204 g/mol. The first kappa shape index (κ1) is 11.0. The van der Waals surface area contributed by atoms with Gasteiger partial charge < -0.3 is 0 Å². The number of alkyl halides is 2. The molecule has 3 N–H and O–H groups in total. The molecule has 0 spiro atoms. The summed E-state index contributed by atoms with van der Waals surface area (Å²) in [4.78, 5) is 0. The number of halogens is 3. The van der Waals surface area contributed by atoms with Crippen molar-refractivity contribution in [3.05, 3.63) is 35.1 Å². The van der Waals surface area contributed by atoms with Gasteiger partial charge in [0.15, 0.2) is 0 Å². The van der Waals surface area contributed by atoms with Crippen molar-refractivity contribution in [2.75, 3.05) is 0 Å². The third kappa shape index (κ3) is 2.46. The number of nitrogens with one attached hydrogen (secondary N) is 1. The van der Waals surface area contributed by atoms with Crippen LogP contribution in [-0.2, 0) is 0 Å². The Morgan fingerprint density at radius 2 is 1.93 bits per heavy atom. The third-order valence-corrected chi connectivity index (χ3v) is 1.86. The van der Waals surface area contributed by atoms with Crippen LogP contribution < -0.4 is 11.3 Å². The van der Waals surface area contributed by atoms with Crippen LogP contribution in [0.1, 0.15) is 17.2 Å². The lowest BCUT2D eigenvalue weighted by Crippen LogP contribution is -2.33. The predicted octanol–water partition coefficient (Wildman–Crippen LogP) is 1.90. The van der Waals surface area contributed by atoms with Crippen molar-refractivity contribution < 1.29 is 13.2 Å². The predicted molar refractivity (Wildman–Crippen MR) is 47.2 cm³/mol. The van der Waals surface area contributed by atoms with Gasteiger partial charge in [-0.15, -0.1) is 0 Å². The van der Waals surface area contributed by atoms with Crippen LogP contribution in [0.3, 0.4) is 0 Å². The number of rotatable bonds is 3. The number of hydrazine groups is 1. The van der Waals surface area contributed by atoms with Crippen molar-refractivity contribution in [1.82, 2.24) is 5.43 Å². The lowest BCUT2D eigenvalue weighted by atomic mass is 10.1. The molecule has 0 bridgehead atoms. The normalized spacial score (nSPS) is 13.3. The first-order valence-corrected chi connectivity index (χ1v) is 4.06. The first-order valence-electron chi connectivity index (χ1n) is 4.06. The second kappa shape index (κ2) is 4.43. The summed E-state index contributed by atoms with van der Waals surface area (Å²) in [7, 11) is 0. The van der Waals surface area contributed by atoms with Gasteiger partial charge in [-0.05, 0) is 30.2 Å². The van der Waals surface area contributed by atoms with E-state index in [1.54, 1.807) is 6.92 Å². The topological polar surface area (TPSA) is 38.0 Å². The minimum Gasteiger partial charge on any atom is -0.271 e. The van der Waals surface area contributed by atoms with Crippen molar-refractivity contribution in [2.24, 2.45) is 5.84 Å². The van der Waals surface area contributed by atoms with Crippen LogP contribution in [0.25, 0.3) is 0 Å². The van der Waals surface area contributed by atoms with Gasteiger partial charge in [0.2, 0.25) is 0 Å². The summed E-state index contributed by atoms with van der Waals surface area (Å²) >= 11 is 0. The maximum absolute atomic E-state index is 12.9. The van der Waals surface area contributed by atoms with E-state index in [1.165, 1.54) is 12.1 Å². The van der Waals surface area contributed by atoms with E-state index in [1.807, 2.05) is 5.43 Å². The van der Waals surface area contributed by atoms with Gasteiger partial charge in [-0.1, -0.05) is 6.07 Å². The van der Waals surface area contributed by atoms with Gasteiger partial charge in [0.1, 0.15) is 11.9 Å². The molecule has 0 aromatic heterocycles. The fraction of sp³-hybridized carbons (Fsp3) is 0.333. The minimum atomic E-state index is -2.67. The highest BCUT2D eigenvalue weighted by atomic mass is 19.3. The Morgan fingerprint density at radius 1 is 1.29 bits per heavy atom. The van der Waals surface area contributed by atoms with E-state index in [2.05, 4.69) is 0 Å². The molecule has 0 saturated carbocycles. The Kier molecular flexibility index (Phi) is 3.49. The zero-order valence-electron chi connectivity index (χ0n) is 7.60. The molecule has 0 amide bonds. The molecule has 0 fully saturated rings. The van der Waals surface area contributed by atoms with Crippen molar-refractivity contribution in [3.8, 4) is 0 Å². The maximum Gasteiger partial charge on any atom is 0.259 e. The highest BCUT2D eigenvalue weighted by Crippen LogP contribution is 2.21. The highest BCUT2D eigenvalue weighted by molar-refractivity contribution is 5.26. The zero-order valence-corrected chi connectivity index (χ0v) is 7.60. The number of benzene rings is 1. The van der Waals surface area contributed by atoms with Gasteiger partial charge in [-0.3, -0.25) is 5.84 Å². The van der Waals surface area contributed by atoms with E-state index in [0.29, 0.717) is 5.56 Å². The molecule has 0 aliphatic heterocycles. The SMILES string of the molecule is Cc1cc(F)cc(C(NN)C(F)F)c1. The maximum atomic E-state index is 12.9. The molecule has 0 saturated heterocycles. The second-order valence-electron chi connectivity index (χ2n) is 3.04. The Hall–Kier alpha value is -1.07. The van der Waals surface area contributed by atoms with Crippen LogP contribution in [0.2, 0.25) is 0 Å². The van der Waals surface area contributed by atoms with E-state index in [4.69, 9.17) is 5.84 Å². The Morgan fingerprint density at radius 3 is 2.36 bits per heavy atom. The van der Waals surface area contributed by atoms with Gasteiger partial charge in [0, 0.05) is 0 Å². The molecule has 1 rings (SSSR count). The smallest absolute Gasteiger partial charge is 0.259 e. The highest BCUT2D eigenvalue weighted by Gasteiger charge is 2.21. The number of hydrogen-bond acceptors (Lipinski definition) is 2. The van der Waals surface area contributed by atoms with Crippen LogP contribution in [0.15, 0.2) is 18.2 Å². The first-order chi connectivity index (χ1) is 6.54. The molecule has 1 aromatic rings. The third-order valence-electron chi connectivity index (χ3n) is 1.86. The summed E-state index contributed by atoms with van der Waals surface area (Å²) in [6.45, 7) is 1.63. The Balaban J connectivity index is 3.04. The molecule has 0 heterocycles. The zero-order chi connectivity index (χ0) is 10.7. The Labute approximate surface area is 79.9 Å². The van der Waals surface area contributed by atoms with Crippen LogP contribution in [0.5, 0.6) is 0 Å². The number of hydrogen-bond donors (Lipinski definition) is 2. The van der Waals surface area contributed by atoms with E-state index in [0.717, 1.165) is 6.07 Å². The van der Waals surface area contributed by atoms with Crippen LogP contribution >= 0.6 is 0 Å². The summed E-state index contributed by atoms with van der Waals surface area (Å²) in [5, 5.41) is 0. The lowest BCUT2D eigenvalue weighted by Gasteiger charge is -2.15. The van der Waals surface area contributed by atoms with E-state index < -0.39 is 18.3 Å². The van der Waals surface area contributed by atoms with Crippen LogP contribution in [0, 0.1) is 12.7 Å². The molecule has 14 heavy (non-hydrogen) atoms. The largest absolute Gasteiger partial charge is 0.271 e. The molecule has 0 radical (unpaired) electrons. The quantitative estimate of drug-likeness (QED) is 0.583. The minimum absolute atomic E-state index is 0.153. The molecular weight excluding hydrogens is 193 g/mol. The fourth-order valence-electron chi connectivity index (χ4n) is 1.26. The summed E-state index contributed by atoms with van der Waals surface area (Å²) < 4.78 is 37.6. The standard InChI is InChI=1S/C9H11F3N2/c1-5-2-6(4-7(10)3-5)8(14-13)9(11)12/h2-4,8-9,14H,13H2,1H3. The monoisotopic (exact) mass is 204 g/mol.